The van der Waals surface area contributed by atoms with Crippen molar-refractivity contribution in [3.63, 3.8) is 0 Å². The zero-order valence-corrected chi connectivity index (χ0v) is 10.4. The second kappa shape index (κ2) is 5.92. The normalized spacial score (nSPS) is 15.1. The summed E-state index contributed by atoms with van der Waals surface area (Å²) in [6, 6.07) is -1.15. The molecule has 0 spiro atoms. The van der Waals surface area contributed by atoms with Gasteiger partial charge in [-0.2, -0.15) is 13.2 Å². The van der Waals surface area contributed by atoms with E-state index in [1.807, 2.05) is 13.8 Å². The molecule has 0 heterocycles. The Bertz CT molecular complexity index is 318. The number of nitrogens with one attached hydrogen (secondary N) is 2. The van der Waals surface area contributed by atoms with Crippen LogP contribution >= 0.6 is 0 Å². The van der Waals surface area contributed by atoms with Crippen molar-refractivity contribution in [2.75, 3.05) is 6.54 Å². The quantitative estimate of drug-likeness (QED) is 0.712. The first-order valence-corrected chi connectivity index (χ1v) is 5.37. The van der Waals surface area contributed by atoms with Crippen LogP contribution in [0.25, 0.3) is 0 Å². The number of halogens is 3. The first kappa shape index (κ1) is 16.5. The van der Waals surface area contributed by atoms with E-state index in [0.717, 1.165) is 0 Å². The number of urea groups is 1. The fourth-order valence-corrected chi connectivity index (χ4v) is 0.991. The number of carboxylic acid groups (broad SMARTS) is 1. The topological polar surface area (TPSA) is 78.4 Å². The number of aliphatic carboxylic acids is 1. The zero-order chi connectivity index (χ0) is 14.6. The minimum absolute atomic E-state index is 0.178. The molecular weight excluding hydrogens is 253 g/mol. The SMILES string of the molecule is CC(C)CCNC(=O)NC(C)(C(=O)O)C(F)(F)F. The molecule has 0 saturated carbocycles. The summed E-state index contributed by atoms with van der Waals surface area (Å²) in [6.07, 6.45) is -4.49. The molecule has 0 radical (unpaired) electrons. The molecule has 0 bridgehead atoms. The molecule has 0 aromatic heterocycles. The average Bonchev–Trinajstić information content (AvgIpc) is 2.14. The van der Waals surface area contributed by atoms with Gasteiger partial charge in [-0.05, 0) is 19.3 Å². The van der Waals surface area contributed by atoms with E-state index in [-0.39, 0.29) is 12.5 Å². The highest BCUT2D eigenvalue weighted by Crippen LogP contribution is 2.30. The van der Waals surface area contributed by atoms with E-state index in [4.69, 9.17) is 5.11 Å². The first-order chi connectivity index (χ1) is 8.00. The number of carbonyl (C=O) groups excluding carboxylic acids is 1. The molecule has 1 unspecified atom stereocenters. The highest BCUT2D eigenvalue weighted by molar-refractivity contribution is 5.86. The molecule has 0 aliphatic heterocycles. The summed E-state index contributed by atoms with van der Waals surface area (Å²) in [7, 11) is 0. The summed E-state index contributed by atoms with van der Waals surface area (Å²) in [5.74, 6) is -1.88. The number of hydrogen-bond acceptors (Lipinski definition) is 2. The van der Waals surface area contributed by atoms with Crippen LogP contribution in [-0.2, 0) is 4.79 Å². The van der Waals surface area contributed by atoms with E-state index in [2.05, 4.69) is 5.32 Å². The molecular formula is C10H17F3N2O3. The number of carboxylic acids is 1. The zero-order valence-electron chi connectivity index (χ0n) is 10.4. The van der Waals surface area contributed by atoms with Crippen LogP contribution < -0.4 is 10.6 Å². The molecule has 0 aromatic carbocycles. The van der Waals surface area contributed by atoms with Crippen molar-refractivity contribution < 1.29 is 27.9 Å². The van der Waals surface area contributed by atoms with Crippen molar-refractivity contribution in [1.82, 2.24) is 10.6 Å². The van der Waals surface area contributed by atoms with E-state index in [9.17, 15) is 22.8 Å². The lowest BCUT2D eigenvalue weighted by molar-refractivity contribution is -0.203. The van der Waals surface area contributed by atoms with Gasteiger partial charge < -0.3 is 15.7 Å². The van der Waals surface area contributed by atoms with Gasteiger partial charge in [0, 0.05) is 6.54 Å². The van der Waals surface area contributed by atoms with E-state index >= 15 is 0 Å². The van der Waals surface area contributed by atoms with E-state index in [1.165, 1.54) is 5.32 Å². The molecule has 5 nitrogen and oxygen atoms in total. The van der Waals surface area contributed by atoms with Crippen LogP contribution in [0.3, 0.4) is 0 Å². The van der Waals surface area contributed by atoms with Crippen LogP contribution in [0.1, 0.15) is 27.2 Å². The van der Waals surface area contributed by atoms with Gasteiger partial charge in [0.1, 0.15) is 0 Å². The van der Waals surface area contributed by atoms with Crippen molar-refractivity contribution in [2.45, 2.75) is 38.9 Å². The molecule has 106 valence electrons. The van der Waals surface area contributed by atoms with E-state index in [1.54, 1.807) is 0 Å². The summed E-state index contributed by atoms with van der Waals surface area (Å²) in [5.41, 5.74) is -3.30. The van der Waals surface area contributed by atoms with E-state index < -0.39 is 23.7 Å². The third kappa shape index (κ3) is 4.42. The second-order valence-corrected chi connectivity index (χ2v) is 4.49. The van der Waals surface area contributed by atoms with Gasteiger partial charge >= 0.3 is 18.2 Å². The maximum absolute atomic E-state index is 12.5. The minimum atomic E-state index is -5.08. The molecule has 0 aliphatic carbocycles. The summed E-state index contributed by atoms with van der Waals surface area (Å²) < 4.78 is 37.6. The van der Waals surface area contributed by atoms with Gasteiger partial charge in [0.2, 0.25) is 5.54 Å². The Balaban J connectivity index is 4.53. The van der Waals surface area contributed by atoms with Crippen LogP contribution in [-0.4, -0.2) is 35.4 Å². The Hall–Kier alpha value is -1.47. The average molecular weight is 270 g/mol. The maximum Gasteiger partial charge on any atom is 0.422 e. The fraction of sp³-hybridized carbons (Fsp3) is 0.800. The third-order valence-electron chi connectivity index (χ3n) is 2.37. The molecule has 18 heavy (non-hydrogen) atoms. The van der Waals surface area contributed by atoms with Crippen molar-refractivity contribution in [1.29, 1.82) is 0 Å². The van der Waals surface area contributed by atoms with Crippen LogP contribution in [0, 0.1) is 5.92 Å². The van der Waals surface area contributed by atoms with Crippen molar-refractivity contribution in [3.05, 3.63) is 0 Å². The van der Waals surface area contributed by atoms with Gasteiger partial charge in [-0.25, -0.2) is 9.59 Å². The predicted molar refractivity (Wildman–Crippen MR) is 58.1 cm³/mol. The van der Waals surface area contributed by atoms with Crippen molar-refractivity contribution >= 4 is 12.0 Å². The van der Waals surface area contributed by atoms with E-state index in [0.29, 0.717) is 13.3 Å². The monoisotopic (exact) mass is 270 g/mol. The Labute approximate surface area is 103 Å². The first-order valence-electron chi connectivity index (χ1n) is 5.37. The number of hydrogen-bond donors (Lipinski definition) is 3. The second-order valence-electron chi connectivity index (χ2n) is 4.49. The summed E-state index contributed by atoms with van der Waals surface area (Å²) >= 11 is 0. The number of amides is 2. The molecule has 0 fully saturated rings. The molecule has 2 amide bonds. The Morgan fingerprint density at radius 1 is 1.28 bits per heavy atom. The van der Waals surface area contributed by atoms with Gasteiger partial charge in [0.05, 0.1) is 0 Å². The van der Waals surface area contributed by atoms with Crippen molar-refractivity contribution in [2.24, 2.45) is 5.92 Å². The highest BCUT2D eigenvalue weighted by Gasteiger charge is 2.58. The molecule has 0 aromatic rings. The molecule has 0 saturated heterocycles. The molecule has 0 rings (SSSR count). The largest absolute Gasteiger partial charge is 0.479 e. The number of carbonyl (C=O) groups is 2. The maximum atomic E-state index is 12.5. The lowest BCUT2D eigenvalue weighted by Gasteiger charge is -2.28. The lowest BCUT2D eigenvalue weighted by Crippen LogP contribution is -2.63. The smallest absolute Gasteiger partial charge is 0.422 e. The van der Waals surface area contributed by atoms with Crippen LogP contribution in [0.4, 0.5) is 18.0 Å². The summed E-state index contributed by atoms with van der Waals surface area (Å²) in [6.45, 7) is 4.35. The van der Waals surface area contributed by atoms with Gasteiger partial charge in [0.25, 0.3) is 0 Å². The molecule has 3 N–H and O–H groups in total. The Kier molecular flexibility index (Phi) is 5.44. The van der Waals surface area contributed by atoms with Gasteiger partial charge in [-0.1, -0.05) is 13.8 Å². The van der Waals surface area contributed by atoms with Gasteiger partial charge in [0.15, 0.2) is 0 Å². The van der Waals surface area contributed by atoms with Gasteiger partial charge in [-0.15, -0.1) is 0 Å². The molecule has 0 aliphatic rings. The predicted octanol–water partition coefficient (Wildman–Crippen LogP) is 1.74. The Morgan fingerprint density at radius 3 is 2.11 bits per heavy atom. The molecule has 8 heteroatoms. The summed E-state index contributed by atoms with van der Waals surface area (Å²) in [5, 5.41) is 12.2. The highest BCUT2D eigenvalue weighted by atomic mass is 19.4. The third-order valence-corrected chi connectivity index (χ3v) is 2.37. The molecule has 1 atom stereocenters. The van der Waals surface area contributed by atoms with Crippen LogP contribution in [0.15, 0.2) is 0 Å². The van der Waals surface area contributed by atoms with Crippen LogP contribution in [0.2, 0.25) is 0 Å². The standard InChI is InChI=1S/C10H17F3N2O3/c1-6(2)4-5-14-8(18)15-9(3,7(16)17)10(11,12)13/h6H,4-5H2,1-3H3,(H,16,17)(H2,14,15,18). The van der Waals surface area contributed by atoms with Gasteiger partial charge in [-0.3, -0.25) is 0 Å². The minimum Gasteiger partial charge on any atom is -0.479 e. The summed E-state index contributed by atoms with van der Waals surface area (Å²) in [4.78, 5) is 21.8. The van der Waals surface area contributed by atoms with Crippen LogP contribution in [0.5, 0.6) is 0 Å². The lowest BCUT2D eigenvalue weighted by atomic mass is 10.0. The fourth-order valence-electron chi connectivity index (χ4n) is 0.991. The number of alkyl halides is 3. The van der Waals surface area contributed by atoms with Crippen molar-refractivity contribution in [3.8, 4) is 0 Å². The Morgan fingerprint density at radius 2 is 1.78 bits per heavy atom. The number of rotatable bonds is 5.